The molecule has 1 fully saturated rings. The average molecular weight is 114 g/mol. The molecular weight excluding hydrogens is 100 g/mol. The lowest BCUT2D eigenvalue weighted by Crippen LogP contribution is -2.22. The van der Waals surface area contributed by atoms with Gasteiger partial charge in [0.25, 0.3) is 0 Å². The van der Waals surface area contributed by atoms with Gasteiger partial charge in [0.2, 0.25) is 0 Å². The van der Waals surface area contributed by atoms with Gasteiger partial charge < -0.3 is 4.74 Å². The molecule has 1 unspecified atom stereocenters. The molecule has 1 heterocycles. The van der Waals surface area contributed by atoms with Crippen LogP contribution in [0.2, 0.25) is 0 Å². The number of rotatable bonds is 0. The molecule has 0 saturated carbocycles. The predicted molar refractivity (Wildman–Crippen MR) is 35.9 cm³/mol. The summed E-state index contributed by atoms with van der Waals surface area (Å²) in [6, 6.07) is 0. The van der Waals surface area contributed by atoms with Gasteiger partial charge in [-0.1, -0.05) is 6.08 Å². The quantitative estimate of drug-likeness (QED) is 0.437. The Labute approximate surface area is 51.4 Å². The summed E-state index contributed by atoms with van der Waals surface area (Å²) in [5, 5.41) is 0. The molecule has 1 heteroatoms. The smallest absolute Gasteiger partial charge is 0.0568 e. The molecule has 8 heavy (non-hydrogen) atoms. The van der Waals surface area contributed by atoms with Gasteiger partial charge in [-0.2, -0.15) is 0 Å². The van der Waals surface area contributed by atoms with Crippen LogP contribution in [0.15, 0.2) is 12.7 Å². The molecule has 0 amide bonds. The third-order valence-electron chi connectivity index (χ3n) is 0.927. The molecular formula is C7H14O. The summed E-state index contributed by atoms with van der Waals surface area (Å²) >= 11 is 0. The van der Waals surface area contributed by atoms with Crippen LogP contribution >= 0.6 is 0 Å². The van der Waals surface area contributed by atoms with Gasteiger partial charge in [0.05, 0.1) is 6.10 Å². The Kier molecular flexibility index (Phi) is 4.67. The fraction of sp³-hybridized carbons (Fsp3) is 0.714. The first-order valence-corrected chi connectivity index (χ1v) is 3.00. The highest BCUT2D eigenvalue weighted by Crippen LogP contribution is 2.07. The van der Waals surface area contributed by atoms with E-state index in [-0.39, 0.29) is 0 Å². The van der Waals surface area contributed by atoms with Crippen LogP contribution in [0.1, 0.15) is 20.3 Å². The van der Waals surface area contributed by atoms with E-state index in [1.54, 1.807) is 6.08 Å². The normalized spacial score (nSPS) is 24.5. The van der Waals surface area contributed by atoms with Crippen molar-refractivity contribution in [3.05, 3.63) is 12.7 Å². The van der Waals surface area contributed by atoms with Crippen molar-refractivity contribution in [1.29, 1.82) is 0 Å². The van der Waals surface area contributed by atoms with E-state index in [9.17, 15) is 0 Å². The van der Waals surface area contributed by atoms with Crippen molar-refractivity contribution in [2.75, 3.05) is 6.61 Å². The van der Waals surface area contributed by atoms with Crippen LogP contribution in [0, 0.1) is 0 Å². The lowest BCUT2D eigenvalue weighted by molar-refractivity contribution is -0.0375. The minimum Gasteiger partial charge on any atom is -0.378 e. The molecule has 0 aliphatic carbocycles. The second-order valence-electron chi connectivity index (χ2n) is 1.88. The number of allylic oxidation sites excluding steroid dienone is 1. The Hall–Kier alpha value is -0.300. The van der Waals surface area contributed by atoms with E-state index in [1.807, 2.05) is 6.92 Å². The molecule has 48 valence electrons. The zero-order valence-electron chi connectivity index (χ0n) is 5.68. The van der Waals surface area contributed by atoms with Crippen LogP contribution in [-0.2, 0) is 4.74 Å². The van der Waals surface area contributed by atoms with Gasteiger partial charge in [-0.25, -0.2) is 0 Å². The van der Waals surface area contributed by atoms with Gasteiger partial charge in [-0.3, -0.25) is 0 Å². The summed E-state index contributed by atoms with van der Waals surface area (Å²) in [5.74, 6) is 0. The summed E-state index contributed by atoms with van der Waals surface area (Å²) in [7, 11) is 0. The van der Waals surface area contributed by atoms with Crippen molar-refractivity contribution in [1.82, 2.24) is 0 Å². The highest BCUT2D eigenvalue weighted by Gasteiger charge is 2.09. The van der Waals surface area contributed by atoms with E-state index >= 15 is 0 Å². The van der Waals surface area contributed by atoms with Crippen LogP contribution < -0.4 is 0 Å². The Bertz CT molecular complexity index is 55.4. The zero-order chi connectivity index (χ0) is 6.41. The van der Waals surface area contributed by atoms with E-state index in [0.29, 0.717) is 6.10 Å². The molecule has 1 saturated heterocycles. The Morgan fingerprint density at radius 1 is 1.75 bits per heavy atom. The molecule has 1 aliphatic rings. The van der Waals surface area contributed by atoms with Crippen molar-refractivity contribution < 1.29 is 4.74 Å². The lowest BCUT2D eigenvalue weighted by Gasteiger charge is -2.20. The van der Waals surface area contributed by atoms with Crippen LogP contribution in [0.5, 0.6) is 0 Å². The van der Waals surface area contributed by atoms with Gasteiger partial charge in [0, 0.05) is 6.61 Å². The van der Waals surface area contributed by atoms with Crippen molar-refractivity contribution >= 4 is 0 Å². The van der Waals surface area contributed by atoms with Crippen molar-refractivity contribution in [3.63, 3.8) is 0 Å². The summed E-state index contributed by atoms with van der Waals surface area (Å²) in [4.78, 5) is 0. The molecule has 0 aromatic carbocycles. The van der Waals surface area contributed by atoms with E-state index in [4.69, 9.17) is 4.74 Å². The first-order valence-electron chi connectivity index (χ1n) is 3.00. The van der Waals surface area contributed by atoms with Gasteiger partial charge in [0.15, 0.2) is 0 Å². The van der Waals surface area contributed by atoms with E-state index in [0.717, 1.165) is 6.61 Å². The zero-order valence-corrected chi connectivity index (χ0v) is 5.68. The monoisotopic (exact) mass is 114 g/mol. The lowest BCUT2D eigenvalue weighted by atomic mass is 10.2. The minimum atomic E-state index is 0.565. The maximum atomic E-state index is 4.93. The molecule has 1 rings (SSSR count). The Morgan fingerprint density at radius 3 is 2.00 bits per heavy atom. The molecule has 0 N–H and O–H groups in total. The minimum absolute atomic E-state index is 0.565. The first-order chi connectivity index (χ1) is 3.81. The van der Waals surface area contributed by atoms with Crippen LogP contribution in [0.4, 0.5) is 0 Å². The van der Waals surface area contributed by atoms with Crippen molar-refractivity contribution in [2.45, 2.75) is 26.4 Å². The number of hydrogen-bond acceptors (Lipinski definition) is 1. The molecule has 1 atom stereocenters. The fourth-order valence-electron chi connectivity index (χ4n) is 0.354. The Balaban J connectivity index is 0.000000145. The molecule has 0 aromatic rings. The summed E-state index contributed by atoms with van der Waals surface area (Å²) in [6.07, 6.45) is 3.58. The summed E-state index contributed by atoms with van der Waals surface area (Å²) in [5.41, 5.74) is 0. The number of hydrogen-bond donors (Lipinski definition) is 0. The maximum absolute atomic E-state index is 4.93. The van der Waals surface area contributed by atoms with Gasteiger partial charge in [-0.05, 0) is 20.3 Å². The highest BCUT2D eigenvalue weighted by molar-refractivity contribution is 4.57. The number of ether oxygens (including phenoxy) is 1. The third-order valence-corrected chi connectivity index (χ3v) is 0.927. The largest absolute Gasteiger partial charge is 0.378 e. The van der Waals surface area contributed by atoms with E-state index in [1.165, 1.54) is 6.42 Å². The molecule has 0 bridgehead atoms. The molecule has 0 spiro atoms. The standard InChI is InChI=1S/C4H8O.C3H6/c1-4-2-3-5-4;1-3-2/h4H,2-3H2,1H3;3H,1H2,2H3. The van der Waals surface area contributed by atoms with Crippen LogP contribution in [0.25, 0.3) is 0 Å². The predicted octanol–water partition coefficient (Wildman–Crippen LogP) is 1.99. The van der Waals surface area contributed by atoms with Crippen molar-refractivity contribution in [2.24, 2.45) is 0 Å². The molecule has 0 aromatic heterocycles. The average Bonchev–Trinajstić information content (AvgIpc) is 1.64. The summed E-state index contributed by atoms with van der Waals surface area (Å²) < 4.78 is 4.93. The second kappa shape index (κ2) is 4.85. The Morgan fingerprint density at radius 2 is 2.00 bits per heavy atom. The molecule has 1 nitrogen and oxygen atoms in total. The first kappa shape index (κ1) is 7.70. The highest BCUT2D eigenvalue weighted by atomic mass is 16.5. The van der Waals surface area contributed by atoms with Crippen molar-refractivity contribution in [3.8, 4) is 0 Å². The van der Waals surface area contributed by atoms with Gasteiger partial charge in [-0.15, -0.1) is 6.58 Å². The molecule has 1 aliphatic heterocycles. The molecule has 0 radical (unpaired) electrons. The van der Waals surface area contributed by atoms with E-state index in [2.05, 4.69) is 13.5 Å². The fourth-order valence-corrected chi connectivity index (χ4v) is 0.354. The maximum Gasteiger partial charge on any atom is 0.0568 e. The van der Waals surface area contributed by atoms with Crippen LogP contribution in [0.3, 0.4) is 0 Å². The third kappa shape index (κ3) is 3.88. The van der Waals surface area contributed by atoms with Crippen LogP contribution in [-0.4, -0.2) is 12.7 Å². The van der Waals surface area contributed by atoms with Gasteiger partial charge in [0.1, 0.15) is 0 Å². The van der Waals surface area contributed by atoms with E-state index < -0.39 is 0 Å². The summed E-state index contributed by atoms with van der Waals surface area (Å²) in [6.45, 7) is 8.32. The van der Waals surface area contributed by atoms with Gasteiger partial charge >= 0.3 is 0 Å². The second-order valence-corrected chi connectivity index (χ2v) is 1.88. The SMILES string of the molecule is C=CC.CC1CCO1. The topological polar surface area (TPSA) is 9.23 Å².